The molecule has 0 spiro atoms. The number of aromatic nitrogens is 4. The van der Waals surface area contributed by atoms with Gasteiger partial charge in [0, 0.05) is 24.5 Å². The van der Waals surface area contributed by atoms with Crippen LogP contribution in [0.15, 0.2) is 18.7 Å². The highest BCUT2D eigenvalue weighted by molar-refractivity contribution is 5.64. The molecule has 0 aromatic carbocycles. The Bertz CT molecular complexity index is 510. The van der Waals surface area contributed by atoms with Crippen LogP contribution in [-0.4, -0.2) is 26.7 Å². The summed E-state index contributed by atoms with van der Waals surface area (Å²) < 4.78 is 0. The van der Waals surface area contributed by atoms with E-state index in [2.05, 4.69) is 25.5 Å². The van der Waals surface area contributed by atoms with Gasteiger partial charge in [0.25, 0.3) is 0 Å². The molecule has 0 unspecified atom stereocenters. The zero-order valence-electron chi connectivity index (χ0n) is 10.2. The first-order chi connectivity index (χ1) is 8.24. The summed E-state index contributed by atoms with van der Waals surface area (Å²) in [4.78, 5) is 7.99. The number of rotatable bonds is 3. The third-order valence-corrected chi connectivity index (χ3v) is 2.70. The van der Waals surface area contributed by atoms with Crippen LogP contribution in [0.2, 0.25) is 0 Å². The van der Waals surface area contributed by atoms with Gasteiger partial charge in [-0.3, -0.25) is 0 Å². The zero-order valence-corrected chi connectivity index (χ0v) is 10.2. The van der Waals surface area contributed by atoms with E-state index in [0.717, 1.165) is 34.7 Å². The molecule has 0 saturated heterocycles. The van der Waals surface area contributed by atoms with E-state index in [1.54, 1.807) is 12.4 Å². The molecule has 0 atom stereocenters. The normalized spacial score (nSPS) is 10.3. The molecule has 2 aromatic heterocycles. The summed E-state index contributed by atoms with van der Waals surface area (Å²) >= 11 is 0. The van der Waals surface area contributed by atoms with Crippen molar-refractivity contribution in [1.29, 1.82) is 0 Å². The van der Waals surface area contributed by atoms with Gasteiger partial charge < -0.3 is 5.32 Å². The van der Waals surface area contributed by atoms with Crippen LogP contribution >= 0.6 is 0 Å². The van der Waals surface area contributed by atoms with E-state index >= 15 is 0 Å². The van der Waals surface area contributed by atoms with Gasteiger partial charge in [-0.15, -0.1) is 10.2 Å². The molecule has 0 radical (unpaired) electrons. The first-order valence-electron chi connectivity index (χ1n) is 5.57. The van der Waals surface area contributed by atoms with E-state index < -0.39 is 0 Å². The van der Waals surface area contributed by atoms with Gasteiger partial charge in [-0.05, 0) is 31.9 Å². The lowest BCUT2D eigenvalue weighted by Gasteiger charge is -2.11. The summed E-state index contributed by atoms with van der Waals surface area (Å²) in [5, 5.41) is 11.6. The van der Waals surface area contributed by atoms with Crippen molar-refractivity contribution in [2.75, 3.05) is 11.9 Å². The predicted molar refractivity (Wildman–Crippen MR) is 66.7 cm³/mol. The second kappa shape index (κ2) is 4.86. The van der Waals surface area contributed by atoms with E-state index in [4.69, 9.17) is 0 Å². The van der Waals surface area contributed by atoms with Gasteiger partial charge >= 0.3 is 0 Å². The van der Waals surface area contributed by atoms with Gasteiger partial charge in [0.2, 0.25) is 0 Å². The minimum absolute atomic E-state index is 0.836. The highest BCUT2D eigenvalue weighted by Crippen LogP contribution is 2.24. The lowest BCUT2D eigenvalue weighted by molar-refractivity contribution is 0.983. The van der Waals surface area contributed by atoms with Crippen molar-refractivity contribution in [2.45, 2.75) is 20.8 Å². The molecule has 17 heavy (non-hydrogen) atoms. The summed E-state index contributed by atoms with van der Waals surface area (Å²) in [6.45, 7) is 6.95. The summed E-state index contributed by atoms with van der Waals surface area (Å²) in [5.74, 6) is 0.839. The first-order valence-corrected chi connectivity index (χ1v) is 5.57. The molecule has 0 bridgehead atoms. The molecular weight excluding hydrogens is 214 g/mol. The van der Waals surface area contributed by atoms with Crippen molar-refractivity contribution < 1.29 is 0 Å². The smallest absolute Gasteiger partial charge is 0.151 e. The molecule has 5 heteroatoms. The van der Waals surface area contributed by atoms with Gasteiger partial charge in [-0.25, -0.2) is 9.97 Å². The topological polar surface area (TPSA) is 63.6 Å². The molecule has 0 aliphatic heterocycles. The summed E-state index contributed by atoms with van der Waals surface area (Å²) in [6, 6.07) is 0. The minimum atomic E-state index is 0.836. The van der Waals surface area contributed by atoms with Crippen molar-refractivity contribution in [3.63, 3.8) is 0 Å². The fraction of sp³-hybridized carbons (Fsp3) is 0.333. The summed E-state index contributed by atoms with van der Waals surface area (Å²) in [7, 11) is 0. The number of nitrogens with zero attached hydrogens (tertiary/aromatic N) is 4. The molecule has 0 saturated carbocycles. The van der Waals surface area contributed by atoms with Crippen LogP contribution < -0.4 is 5.32 Å². The van der Waals surface area contributed by atoms with Crippen LogP contribution in [0.25, 0.3) is 11.3 Å². The molecule has 2 heterocycles. The fourth-order valence-corrected chi connectivity index (χ4v) is 1.64. The average molecular weight is 229 g/mol. The highest BCUT2D eigenvalue weighted by Gasteiger charge is 2.10. The Labute approximate surface area is 100 Å². The molecule has 2 rings (SSSR count). The van der Waals surface area contributed by atoms with Crippen LogP contribution in [0.1, 0.15) is 18.1 Å². The number of hydrogen-bond acceptors (Lipinski definition) is 5. The van der Waals surface area contributed by atoms with E-state index in [1.807, 2.05) is 20.8 Å². The Morgan fingerprint density at radius 3 is 2.41 bits per heavy atom. The maximum atomic E-state index is 4.24. The van der Waals surface area contributed by atoms with Crippen LogP contribution in [0, 0.1) is 13.8 Å². The van der Waals surface area contributed by atoms with E-state index in [9.17, 15) is 0 Å². The summed E-state index contributed by atoms with van der Waals surface area (Å²) in [6.07, 6.45) is 5.00. The molecule has 0 aliphatic rings. The SMILES string of the molecule is CCNc1nnc(-c2cncnc2)c(C)c1C. The monoisotopic (exact) mass is 229 g/mol. The lowest BCUT2D eigenvalue weighted by atomic mass is 10.1. The second-order valence-corrected chi connectivity index (χ2v) is 3.80. The molecule has 88 valence electrons. The molecule has 0 aliphatic carbocycles. The third-order valence-electron chi connectivity index (χ3n) is 2.70. The average Bonchev–Trinajstić information content (AvgIpc) is 2.36. The van der Waals surface area contributed by atoms with Gasteiger partial charge in [0.05, 0.1) is 5.69 Å². The van der Waals surface area contributed by atoms with Gasteiger partial charge in [-0.2, -0.15) is 0 Å². The largest absolute Gasteiger partial charge is 0.369 e. The van der Waals surface area contributed by atoms with E-state index in [0.29, 0.717) is 0 Å². The Morgan fingerprint density at radius 1 is 1.06 bits per heavy atom. The highest BCUT2D eigenvalue weighted by atomic mass is 15.2. The van der Waals surface area contributed by atoms with Crippen molar-refractivity contribution in [3.05, 3.63) is 29.8 Å². The molecular formula is C12H15N5. The van der Waals surface area contributed by atoms with Crippen LogP contribution in [0.3, 0.4) is 0 Å². The van der Waals surface area contributed by atoms with Gasteiger partial charge in [-0.1, -0.05) is 0 Å². The number of hydrogen-bond donors (Lipinski definition) is 1. The van der Waals surface area contributed by atoms with Crippen molar-refractivity contribution >= 4 is 5.82 Å². The lowest BCUT2D eigenvalue weighted by Crippen LogP contribution is -2.06. The number of nitrogens with one attached hydrogen (secondary N) is 1. The second-order valence-electron chi connectivity index (χ2n) is 3.80. The zero-order chi connectivity index (χ0) is 12.3. The van der Waals surface area contributed by atoms with E-state index in [-0.39, 0.29) is 0 Å². The Hall–Kier alpha value is -2.04. The molecule has 5 nitrogen and oxygen atoms in total. The predicted octanol–water partition coefficient (Wildman–Crippen LogP) is 1.98. The van der Waals surface area contributed by atoms with Crippen molar-refractivity contribution in [1.82, 2.24) is 20.2 Å². The quantitative estimate of drug-likeness (QED) is 0.871. The molecule has 1 N–H and O–H groups in total. The maximum Gasteiger partial charge on any atom is 0.151 e. The standard InChI is InChI=1S/C12H15N5/c1-4-15-12-9(3)8(2)11(16-17-12)10-5-13-7-14-6-10/h5-7H,4H2,1-3H3,(H,15,17). The van der Waals surface area contributed by atoms with Crippen molar-refractivity contribution in [2.24, 2.45) is 0 Å². The Balaban J connectivity index is 2.48. The Morgan fingerprint density at radius 2 is 1.76 bits per heavy atom. The molecule has 2 aromatic rings. The van der Waals surface area contributed by atoms with Crippen molar-refractivity contribution in [3.8, 4) is 11.3 Å². The Kier molecular flexibility index (Phi) is 3.27. The van der Waals surface area contributed by atoms with Gasteiger partial charge in [0.1, 0.15) is 6.33 Å². The van der Waals surface area contributed by atoms with Crippen LogP contribution in [-0.2, 0) is 0 Å². The first kappa shape index (κ1) is 11.4. The molecule has 0 amide bonds. The van der Waals surface area contributed by atoms with Crippen LogP contribution in [0.4, 0.5) is 5.82 Å². The maximum absolute atomic E-state index is 4.24. The van der Waals surface area contributed by atoms with Gasteiger partial charge in [0.15, 0.2) is 5.82 Å². The van der Waals surface area contributed by atoms with Crippen LogP contribution in [0.5, 0.6) is 0 Å². The minimum Gasteiger partial charge on any atom is -0.369 e. The third kappa shape index (κ3) is 2.22. The van der Waals surface area contributed by atoms with E-state index in [1.165, 1.54) is 6.33 Å². The number of anilines is 1. The summed E-state index contributed by atoms with van der Waals surface area (Å²) in [5.41, 5.74) is 3.94. The molecule has 0 fully saturated rings. The fourth-order valence-electron chi connectivity index (χ4n) is 1.64.